The fourth-order valence-electron chi connectivity index (χ4n) is 2.34. The van der Waals surface area contributed by atoms with Crippen LogP contribution in [-0.2, 0) is 4.79 Å². The molecule has 2 rings (SSSR count). The van der Waals surface area contributed by atoms with Crippen molar-refractivity contribution in [2.45, 2.75) is 6.04 Å². The van der Waals surface area contributed by atoms with Crippen molar-refractivity contribution in [1.82, 2.24) is 5.32 Å². The Balaban J connectivity index is 1.87. The zero-order chi connectivity index (χ0) is 17.5. The summed E-state index contributed by atoms with van der Waals surface area (Å²) >= 11 is 9.40. The molecule has 0 radical (unpaired) electrons. The molecule has 0 saturated carbocycles. The summed E-state index contributed by atoms with van der Waals surface area (Å²) < 4.78 is 6.35. The van der Waals surface area contributed by atoms with Gasteiger partial charge in [-0.25, -0.2) is 0 Å². The van der Waals surface area contributed by atoms with E-state index in [2.05, 4.69) is 47.5 Å². The number of hydrogen-bond donors (Lipinski definition) is 2. The third kappa shape index (κ3) is 5.51. The second-order valence-corrected chi connectivity index (χ2v) is 7.03. The highest BCUT2D eigenvalue weighted by atomic mass is 79.9. The number of carbonyl (C=O) groups excluding carboxylic acids is 1. The van der Waals surface area contributed by atoms with Gasteiger partial charge in [0.2, 0.25) is 0 Å². The zero-order valence-corrected chi connectivity index (χ0v) is 16.0. The highest BCUT2D eigenvalue weighted by Gasteiger charge is 2.18. The monoisotopic (exact) mass is 411 g/mol. The number of benzene rings is 2. The standard InChI is InChI=1S/C18H20BrClN2O2/c1-22(2)16(13-6-4-3-5-7-13)11-21-18(23)12-24-17-9-8-14(19)10-15(17)20/h3-10,16H,11-12H2,1-2H3,(H,21,23)/p+1/t16-/m0/s1. The molecule has 0 bridgehead atoms. The minimum atomic E-state index is -0.170. The van der Waals surface area contributed by atoms with E-state index < -0.39 is 0 Å². The van der Waals surface area contributed by atoms with Crippen LogP contribution in [0.1, 0.15) is 11.6 Å². The molecule has 0 spiro atoms. The van der Waals surface area contributed by atoms with E-state index in [4.69, 9.17) is 16.3 Å². The van der Waals surface area contributed by atoms with Crippen LogP contribution in [0.3, 0.4) is 0 Å². The van der Waals surface area contributed by atoms with Crippen LogP contribution in [0.15, 0.2) is 53.0 Å². The Hall–Kier alpha value is -1.56. The normalized spacial score (nSPS) is 12.0. The van der Waals surface area contributed by atoms with E-state index in [1.807, 2.05) is 24.3 Å². The second kappa shape index (κ2) is 9.06. The maximum absolute atomic E-state index is 12.1. The summed E-state index contributed by atoms with van der Waals surface area (Å²) in [6.45, 7) is 0.480. The van der Waals surface area contributed by atoms with Crippen molar-refractivity contribution in [3.8, 4) is 5.75 Å². The Morgan fingerprint density at radius 3 is 2.58 bits per heavy atom. The number of rotatable bonds is 7. The van der Waals surface area contributed by atoms with Crippen molar-refractivity contribution in [1.29, 1.82) is 0 Å². The molecule has 24 heavy (non-hydrogen) atoms. The van der Waals surface area contributed by atoms with Gasteiger partial charge in [0.25, 0.3) is 5.91 Å². The van der Waals surface area contributed by atoms with Crippen molar-refractivity contribution in [3.63, 3.8) is 0 Å². The molecule has 2 N–H and O–H groups in total. The first-order chi connectivity index (χ1) is 11.5. The molecule has 0 aromatic heterocycles. The predicted molar refractivity (Wildman–Crippen MR) is 99.7 cm³/mol. The Labute approximate surface area is 155 Å². The van der Waals surface area contributed by atoms with Crippen LogP contribution < -0.4 is 15.0 Å². The topological polar surface area (TPSA) is 42.8 Å². The maximum atomic E-state index is 12.1. The van der Waals surface area contributed by atoms with Gasteiger partial charge in [0.15, 0.2) is 6.61 Å². The van der Waals surface area contributed by atoms with Gasteiger partial charge >= 0.3 is 0 Å². The van der Waals surface area contributed by atoms with E-state index >= 15 is 0 Å². The van der Waals surface area contributed by atoms with Crippen molar-refractivity contribution in [3.05, 3.63) is 63.6 Å². The van der Waals surface area contributed by atoms with Crippen LogP contribution in [0.25, 0.3) is 0 Å². The average molecular weight is 413 g/mol. The molecule has 0 unspecified atom stereocenters. The van der Waals surface area contributed by atoms with E-state index in [9.17, 15) is 4.79 Å². The van der Waals surface area contributed by atoms with Gasteiger partial charge in [0, 0.05) is 10.0 Å². The van der Waals surface area contributed by atoms with Crippen LogP contribution in [0, 0.1) is 0 Å². The molecule has 0 heterocycles. The van der Waals surface area contributed by atoms with Gasteiger partial charge in [-0.2, -0.15) is 0 Å². The molecule has 0 aliphatic heterocycles. The van der Waals surface area contributed by atoms with Crippen LogP contribution in [-0.4, -0.2) is 33.2 Å². The summed E-state index contributed by atoms with van der Waals surface area (Å²) in [5, 5.41) is 3.40. The number of ether oxygens (including phenoxy) is 1. The first-order valence-corrected chi connectivity index (χ1v) is 8.84. The van der Waals surface area contributed by atoms with Crippen LogP contribution >= 0.6 is 27.5 Å². The van der Waals surface area contributed by atoms with E-state index in [1.54, 1.807) is 12.1 Å². The molecule has 0 saturated heterocycles. The van der Waals surface area contributed by atoms with Gasteiger partial charge in [-0.15, -0.1) is 0 Å². The zero-order valence-electron chi connectivity index (χ0n) is 13.7. The predicted octanol–water partition coefficient (Wildman–Crippen LogP) is 2.48. The van der Waals surface area contributed by atoms with Crippen molar-refractivity contribution in [2.75, 3.05) is 27.2 Å². The molecule has 2 aromatic rings. The van der Waals surface area contributed by atoms with E-state index in [1.165, 1.54) is 10.5 Å². The van der Waals surface area contributed by atoms with Gasteiger partial charge in [-0.3, -0.25) is 4.79 Å². The van der Waals surface area contributed by atoms with Gasteiger partial charge in [-0.05, 0) is 18.2 Å². The number of likely N-dealkylation sites (N-methyl/N-ethyl adjacent to an activating group) is 1. The van der Waals surface area contributed by atoms with Crippen molar-refractivity contribution in [2.24, 2.45) is 0 Å². The lowest BCUT2D eigenvalue weighted by molar-refractivity contribution is -0.890. The Morgan fingerprint density at radius 1 is 1.25 bits per heavy atom. The number of carbonyl (C=O) groups is 1. The average Bonchev–Trinajstić information content (AvgIpc) is 2.55. The number of halogens is 2. The lowest BCUT2D eigenvalue weighted by Crippen LogP contribution is -3.07. The number of quaternary nitrogens is 1. The summed E-state index contributed by atoms with van der Waals surface area (Å²) in [5.74, 6) is 0.323. The summed E-state index contributed by atoms with van der Waals surface area (Å²) in [6.07, 6.45) is 0. The molecule has 1 amide bonds. The smallest absolute Gasteiger partial charge is 0.258 e. The van der Waals surface area contributed by atoms with E-state index in [0.29, 0.717) is 17.3 Å². The Kier molecular flexibility index (Phi) is 7.09. The molecule has 6 heteroatoms. The largest absolute Gasteiger partial charge is 0.482 e. The lowest BCUT2D eigenvalue weighted by Gasteiger charge is -2.22. The quantitative estimate of drug-likeness (QED) is 0.734. The molecule has 4 nitrogen and oxygen atoms in total. The summed E-state index contributed by atoms with van der Waals surface area (Å²) in [5.41, 5.74) is 1.19. The minimum Gasteiger partial charge on any atom is -0.482 e. The highest BCUT2D eigenvalue weighted by molar-refractivity contribution is 9.10. The SMILES string of the molecule is C[NH+](C)[C@@H](CNC(=O)COc1ccc(Br)cc1Cl)c1ccccc1. The number of hydrogen-bond acceptors (Lipinski definition) is 2. The van der Waals surface area contributed by atoms with Gasteiger partial charge in [0.1, 0.15) is 11.8 Å². The third-order valence-electron chi connectivity index (χ3n) is 3.65. The Morgan fingerprint density at radius 2 is 1.96 bits per heavy atom. The number of nitrogens with one attached hydrogen (secondary N) is 2. The van der Waals surface area contributed by atoms with E-state index in [-0.39, 0.29) is 18.6 Å². The molecule has 0 aliphatic carbocycles. The van der Waals surface area contributed by atoms with Gasteiger partial charge in [-0.1, -0.05) is 57.9 Å². The lowest BCUT2D eigenvalue weighted by atomic mass is 10.1. The highest BCUT2D eigenvalue weighted by Crippen LogP contribution is 2.27. The molecule has 0 aliphatic rings. The first-order valence-electron chi connectivity index (χ1n) is 7.67. The van der Waals surface area contributed by atoms with Crippen molar-refractivity contribution >= 4 is 33.4 Å². The van der Waals surface area contributed by atoms with Gasteiger partial charge < -0.3 is 15.0 Å². The van der Waals surface area contributed by atoms with Crippen LogP contribution in [0.4, 0.5) is 0 Å². The first kappa shape index (κ1) is 18.8. The van der Waals surface area contributed by atoms with Gasteiger partial charge in [0.05, 0.1) is 25.7 Å². The Bertz CT molecular complexity index is 680. The molecular weight excluding hydrogens is 392 g/mol. The van der Waals surface area contributed by atoms with Crippen LogP contribution in [0.5, 0.6) is 5.75 Å². The summed E-state index contributed by atoms with van der Waals surface area (Å²) in [7, 11) is 4.14. The van der Waals surface area contributed by atoms with Crippen molar-refractivity contribution < 1.29 is 14.4 Å². The minimum absolute atomic E-state index is 0.0639. The summed E-state index contributed by atoms with van der Waals surface area (Å²) in [4.78, 5) is 13.3. The number of amides is 1. The van der Waals surface area contributed by atoms with E-state index in [0.717, 1.165) is 4.47 Å². The fourth-order valence-corrected chi connectivity index (χ4v) is 3.07. The second-order valence-electron chi connectivity index (χ2n) is 5.71. The van der Waals surface area contributed by atoms with Crippen LogP contribution in [0.2, 0.25) is 5.02 Å². The third-order valence-corrected chi connectivity index (χ3v) is 4.44. The summed E-state index contributed by atoms with van der Waals surface area (Å²) in [6, 6.07) is 15.6. The molecular formula is C18H21BrClN2O2+. The molecule has 128 valence electrons. The molecule has 0 fully saturated rings. The maximum Gasteiger partial charge on any atom is 0.258 e. The molecule has 2 aromatic carbocycles. The fraction of sp³-hybridized carbons (Fsp3) is 0.278. The molecule has 1 atom stereocenters.